The second-order valence-electron chi connectivity index (χ2n) is 4.49. The van der Waals surface area contributed by atoms with Crippen molar-refractivity contribution in [3.05, 3.63) is 54.9 Å². The Bertz CT molecular complexity index is 579. The van der Waals surface area contributed by atoms with Crippen LogP contribution in [0.2, 0.25) is 0 Å². The van der Waals surface area contributed by atoms with E-state index in [9.17, 15) is 14.4 Å². The van der Waals surface area contributed by atoms with Crippen LogP contribution in [0.5, 0.6) is 0 Å². The number of carbonyl (C=O) groups is 3. The summed E-state index contributed by atoms with van der Waals surface area (Å²) in [7, 11) is 0. The molecule has 1 aliphatic rings. The van der Waals surface area contributed by atoms with Crippen molar-refractivity contribution in [2.45, 2.75) is 0 Å². The van der Waals surface area contributed by atoms with E-state index in [1.807, 2.05) is 0 Å². The lowest BCUT2D eigenvalue weighted by Crippen LogP contribution is -2.42. The summed E-state index contributed by atoms with van der Waals surface area (Å²) in [6.45, 7) is 7.51. The molecule has 21 heavy (non-hydrogen) atoms. The number of hydrogen-bond donors (Lipinski definition) is 0. The fraction of sp³-hybridized carbons (Fsp3) is 0.200. The van der Waals surface area contributed by atoms with Crippen LogP contribution in [0.3, 0.4) is 0 Å². The first-order valence-corrected chi connectivity index (χ1v) is 6.40. The van der Waals surface area contributed by atoms with Gasteiger partial charge in [0.1, 0.15) is 6.54 Å². The Balaban J connectivity index is 2.16. The van der Waals surface area contributed by atoms with Crippen molar-refractivity contribution in [3.63, 3.8) is 0 Å². The molecule has 2 heterocycles. The first kappa shape index (κ1) is 14.6. The summed E-state index contributed by atoms with van der Waals surface area (Å²) in [5.74, 6) is -1.30. The van der Waals surface area contributed by atoms with Crippen molar-refractivity contribution in [1.29, 1.82) is 0 Å². The Morgan fingerprint density at radius 1 is 1.19 bits per heavy atom. The Hall–Kier alpha value is -2.76. The molecule has 6 heteroatoms. The third-order valence-corrected chi connectivity index (χ3v) is 3.12. The van der Waals surface area contributed by atoms with Crippen molar-refractivity contribution in [3.8, 4) is 0 Å². The molecule has 0 atom stereocenters. The number of nitrogens with zero attached hydrogens (tertiary/aromatic N) is 3. The van der Waals surface area contributed by atoms with Gasteiger partial charge in [0.2, 0.25) is 5.91 Å². The van der Waals surface area contributed by atoms with Crippen LogP contribution in [0.4, 0.5) is 0 Å². The van der Waals surface area contributed by atoms with E-state index in [4.69, 9.17) is 0 Å². The quantitative estimate of drug-likeness (QED) is 0.574. The molecule has 0 aliphatic carbocycles. The zero-order chi connectivity index (χ0) is 15.4. The molecule has 1 aromatic rings. The van der Waals surface area contributed by atoms with Gasteiger partial charge in [-0.3, -0.25) is 24.3 Å². The number of hydrogen-bond acceptors (Lipinski definition) is 4. The number of amides is 3. The van der Waals surface area contributed by atoms with Gasteiger partial charge in [-0.25, -0.2) is 0 Å². The zero-order valence-corrected chi connectivity index (χ0v) is 11.5. The van der Waals surface area contributed by atoms with E-state index in [2.05, 4.69) is 18.1 Å². The van der Waals surface area contributed by atoms with E-state index in [0.29, 0.717) is 13.1 Å². The molecular weight excluding hydrogens is 270 g/mol. The number of pyridine rings is 1. The van der Waals surface area contributed by atoms with Crippen molar-refractivity contribution in [2.24, 2.45) is 0 Å². The minimum absolute atomic E-state index is 0.231. The lowest BCUT2D eigenvalue weighted by atomic mass is 10.2. The molecule has 0 radical (unpaired) electrons. The average Bonchev–Trinajstić information content (AvgIpc) is 2.72. The van der Waals surface area contributed by atoms with Crippen molar-refractivity contribution in [1.82, 2.24) is 14.8 Å². The van der Waals surface area contributed by atoms with Crippen LogP contribution in [0.15, 0.2) is 43.8 Å². The fourth-order valence-electron chi connectivity index (χ4n) is 2.10. The summed E-state index contributed by atoms with van der Waals surface area (Å²) in [6.07, 6.45) is 5.93. The summed E-state index contributed by atoms with van der Waals surface area (Å²) in [5.41, 5.74) is 0.510. The first-order chi connectivity index (χ1) is 10.1. The molecule has 0 bridgehead atoms. The van der Waals surface area contributed by atoms with Gasteiger partial charge in [-0.2, -0.15) is 0 Å². The number of aromatic nitrogens is 1. The highest BCUT2D eigenvalue weighted by atomic mass is 16.2. The molecule has 1 aromatic heterocycles. The average molecular weight is 285 g/mol. The van der Waals surface area contributed by atoms with Crippen LogP contribution >= 0.6 is 0 Å². The molecule has 0 spiro atoms. The van der Waals surface area contributed by atoms with Crippen LogP contribution in [-0.4, -0.2) is 52.1 Å². The predicted octanol–water partition coefficient (Wildman–Crippen LogP) is 0.878. The highest BCUT2D eigenvalue weighted by molar-refractivity contribution is 6.22. The van der Waals surface area contributed by atoms with Crippen LogP contribution in [0, 0.1) is 0 Å². The van der Waals surface area contributed by atoms with Crippen molar-refractivity contribution >= 4 is 17.7 Å². The zero-order valence-electron chi connectivity index (χ0n) is 11.5. The Labute approximate surface area is 122 Å². The SMILES string of the molecule is C=CCN(CC=C)C(=O)CN1C(=O)c2ccncc2C1=O. The van der Waals surface area contributed by atoms with Gasteiger partial charge in [0.25, 0.3) is 11.8 Å². The standard InChI is InChI=1S/C15H15N3O3/c1-3-7-17(8-4-2)13(19)10-18-14(20)11-5-6-16-9-12(11)15(18)21/h3-6,9H,1-2,7-8,10H2. The van der Waals surface area contributed by atoms with E-state index in [0.717, 1.165) is 4.90 Å². The lowest BCUT2D eigenvalue weighted by molar-refractivity contribution is -0.130. The molecule has 0 fully saturated rings. The number of carbonyl (C=O) groups excluding carboxylic acids is 3. The molecule has 3 amide bonds. The maximum absolute atomic E-state index is 12.2. The third kappa shape index (κ3) is 2.74. The van der Waals surface area contributed by atoms with Crippen molar-refractivity contribution in [2.75, 3.05) is 19.6 Å². The Morgan fingerprint density at radius 2 is 1.81 bits per heavy atom. The molecule has 108 valence electrons. The van der Waals surface area contributed by atoms with Crippen LogP contribution in [0.1, 0.15) is 20.7 Å². The van der Waals surface area contributed by atoms with E-state index in [1.165, 1.54) is 23.4 Å². The molecule has 1 aliphatic heterocycles. The fourth-order valence-corrected chi connectivity index (χ4v) is 2.10. The van der Waals surface area contributed by atoms with Gasteiger partial charge < -0.3 is 4.90 Å². The maximum atomic E-state index is 12.2. The van der Waals surface area contributed by atoms with E-state index < -0.39 is 11.8 Å². The molecule has 0 saturated heterocycles. The Kier molecular flexibility index (Phi) is 4.27. The summed E-state index contributed by atoms with van der Waals surface area (Å²) >= 11 is 0. The predicted molar refractivity (Wildman–Crippen MR) is 76.6 cm³/mol. The Morgan fingerprint density at radius 3 is 2.38 bits per heavy atom. The smallest absolute Gasteiger partial charge is 0.263 e. The molecule has 0 saturated carbocycles. The number of imide groups is 1. The van der Waals surface area contributed by atoms with Crippen LogP contribution < -0.4 is 0 Å². The van der Waals surface area contributed by atoms with Gasteiger partial charge in [-0.05, 0) is 6.07 Å². The normalized spacial score (nSPS) is 13.0. The third-order valence-electron chi connectivity index (χ3n) is 3.12. The minimum Gasteiger partial charge on any atom is -0.334 e. The van der Waals surface area contributed by atoms with E-state index in [1.54, 1.807) is 12.2 Å². The molecule has 0 unspecified atom stereocenters. The maximum Gasteiger partial charge on any atom is 0.263 e. The summed E-state index contributed by atoms with van der Waals surface area (Å²) in [6, 6.07) is 1.48. The summed E-state index contributed by atoms with van der Waals surface area (Å²) in [5, 5.41) is 0. The molecule has 2 rings (SSSR count). The van der Waals surface area contributed by atoms with Gasteiger partial charge in [-0.1, -0.05) is 12.2 Å². The first-order valence-electron chi connectivity index (χ1n) is 6.40. The van der Waals surface area contributed by atoms with E-state index >= 15 is 0 Å². The van der Waals surface area contributed by atoms with Crippen LogP contribution in [0.25, 0.3) is 0 Å². The van der Waals surface area contributed by atoms with Gasteiger partial charge in [-0.15, -0.1) is 13.2 Å². The van der Waals surface area contributed by atoms with Gasteiger partial charge >= 0.3 is 0 Å². The topological polar surface area (TPSA) is 70.6 Å². The summed E-state index contributed by atoms with van der Waals surface area (Å²) < 4.78 is 0. The molecule has 0 aromatic carbocycles. The van der Waals surface area contributed by atoms with Gasteiger partial charge in [0.05, 0.1) is 11.1 Å². The van der Waals surface area contributed by atoms with Crippen molar-refractivity contribution < 1.29 is 14.4 Å². The minimum atomic E-state index is -0.492. The lowest BCUT2D eigenvalue weighted by Gasteiger charge is -2.22. The van der Waals surface area contributed by atoms with Crippen LogP contribution in [-0.2, 0) is 4.79 Å². The van der Waals surface area contributed by atoms with Gasteiger partial charge in [0, 0.05) is 25.5 Å². The summed E-state index contributed by atoms with van der Waals surface area (Å²) in [4.78, 5) is 42.7. The number of rotatable bonds is 6. The highest BCUT2D eigenvalue weighted by Gasteiger charge is 2.37. The molecule has 0 N–H and O–H groups in total. The molecule has 6 nitrogen and oxygen atoms in total. The second kappa shape index (κ2) is 6.13. The number of fused-ring (bicyclic) bond motifs is 1. The van der Waals surface area contributed by atoms with Gasteiger partial charge in [0.15, 0.2) is 0 Å². The molecular formula is C15H15N3O3. The van der Waals surface area contributed by atoms with E-state index in [-0.39, 0.29) is 23.6 Å². The monoisotopic (exact) mass is 285 g/mol. The highest BCUT2D eigenvalue weighted by Crippen LogP contribution is 2.21. The largest absolute Gasteiger partial charge is 0.334 e. The second-order valence-corrected chi connectivity index (χ2v) is 4.49.